The minimum atomic E-state index is 0.775. The van der Waals surface area contributed by atoms with Crippen LogP contribution in [0.15, 0.2) is 18.2 Å². The van der Waals surface area contributed by atoms with E-state index in [-0.39, 0.29) is 0 Å². The number of anilines is 1. The Bertz CT molecular complexity index is 486. The highest BCUT2D eigenvalue weighted by Crippen LogP contribution is 2.26. The molecule has 114 valence electrons. The number of hydrogen-bond acceptors (Lipinski definition) is 3. The Morgan fingerprint density at radius 3 is 2.38 bits per heavy atom. The predicted molar refractivity (Wildman–Crippen MR) is 87.2 cm³/mol. The highest BCUT2D eigenvalue weighted by atomic mass is 16.1. The van der Waals surface area contributed by atoms with Gasteiger partial charge in [0.25, 0.3) is 0 Å². The molecule has 0 aromatic heterocycles. The summed E-state index contributed by atoms with van der Waals surface area (Å²) in [6.45, 7) is 6.68. The van der Waals surface area contributed by atoms with Crippen molar-refractivity contribution in [2.24, 2.45) is 0 Å². The second-order valence-electron chi connectivity index (χ2n) is 6.48. The fourth-order valence-electron chi connectivity index (χ4n) is 3.88. The first-order valence-corrected chi connectivity index (χ1v) is 8.33. The number of carbonyl (C=O) groups excluding carboxylic acids is 1. The molecule has 1 aliphatic carbocycles. The number of nitrogens with zero attached hydrogens (tertiary/aromatic N) is 2. The van der Waals surface area contributed by atoms with Gasteiger partial charge < -0.3 is 4.90 Å². The van der Waals surface area contributed by atoms with Crippen molar-refractivity contribution in [3.8, 4) is 0 Å². The molecule has 1 aromatic rings. The van der Waals surface area contributed by atoms with Crippen molar-refractivity contribution in [2.75, 3.05) is 31.1 Å². The number of aldehydes is 1. The Balaban J connectivity index is 1.61. The van der Waals surface area contributed by atoms with Gasteiger partial charge in [0, 0.05) is 43.5 Å². The van der Waals surface area contributed by atoms with Crippen LogP contribution in [0.2, 0.25) is 0 Å². The lowest BCUT2D eigenvalue weighted by Crippen LogP contribution is -2.51. The van der Waals surface area contributed by atoms with Gasteiger partial charge in [0.2, 0.25) is 0 Å². The van der Waals surface area contributed by atoms with Gasteiger partial charge in [-0.1, -0.05) is 19.3 Å². The van der Waals surface area contributed by atoms with Crippen LogP contribution < -0.4 is 4.90 Å². The van der Waals surface area contributed by atoms with E-state index in [1.54, 1.807) is 0 Å². The lowest BCUT2D eigenvalue weighted by atomic mass is 9.94. The molecule has 0 spiro atoms. The van der Waals surface area contributed by atoms with Crippen LogP contribution in [0, 0.1) is 6.92 Å². The average molecular weight is 286 g/mol. The second-order valence-corrected chi connectivity index (χ2v) is 6.48. The molecule has 0 amide bonds. The smallest absolute Gasteiger partial charge is 0.150 e. The summed E-state index contributed by atoms with van der Waals surface area (Å²) in [6, 6.07) is 6.87. The van der Waals surface area contributed by atoms with E-state index < -0.39 is 0 Å². The minimum absolute atomic E-state index is 0.775. The first-order valence-electron chi connectivity index (χ1n) is 8.33. The lowest BCUT2D eigenvalue weighted by molar-refractivity contribution is 0.112. The third-order valence-electron chi connectivity index (χ3n) is 5.10. The molecule has 3 heteroatoms. The zero-order valence-corrected chi connectivity index (χ0v) is 13.1. The average Bonchev–Trinajstić information content (AvgIpc) is 2.56. The SMILES string of the molecule is Cc1cc(C=O)ccc1N1CCN(C2CCCCC2)CC1. The summed E-state index contributed by atoms with van der Waals surface area (Å²) >= 11 is 0. The number of aryl methyl sites for hydroxylation is 1. The third-order valence-corrected chi connectivity index (χ3v) is 5.10. The fraction of sp³-hybridized carbons (Fsp3) is 0.611. The van der Waals surface area contributed by atoms with E-state index in [1.165, 1.54) is 56.4 Å². The minimum Gasteiger partial charge on any atom is -0.369 e. The number of benzene rings is 1. The Hall–Kier alpha value is -1.35. The molecule has 0 N–H and O–H groups in total. The predicted octanol–water partition coefficient (Wildman–Crippen LogP) is 3.26. The third kappa shape index (κ3) is 3.29. The van der Waals surface area contributed by atoms with Gasteiger partial charge in [-0.3, -0.25) is 9.69 Å². The Kier molecular flexibility index (Phi) is 4.59. The Morgan fingerprint density at radius 1 is 1.05 bits per heavy atom. The summed E-state index contributed by atoms with van der Waals surface area (Å²) in [6.07, 6.45) is 7.98. The van der Waals surface area contributed by atoms with E-state index in [4.69, 9.17) is 0 Å². The maximum absolute atomic E-state index is 10.8. The van der Waals surface area contributed by atoms with Crippen molar-refractivity contribution >= 4 is 12.0 Å². The molecular weight excluding hydrogens is 260 g/mol. The van der Waals surface area contributed by atoms with Crippen molar-refractivity contribution in [3.05, 3.63) is 29.3 Å². The van der Waals surface area contributed by atoms with Crippen LogP contribution in [-0.4, -0.2) is 43.4 Å². The number of hydrogen-bond donors (Lipinski definition) is 0. The standard InChI is InChI=1S/C18H26N2O/c1-15-13-16(14-21)7-8-18(15)20-11-9-19(10-12-20)17-5-3-2-4-6-17/h7-8,13-14,17H,2-6,9-12H2,1H3. The van der Waals surface area contributed by atoms with E-state index in [9.17, 15) is 4.79 Å². The van der Waals surface area contributed by atoms with Gasteiger partial charge in [0.1, 0.15) is 6.29 Å². The molecule has 3 rings (SSSR count). The van der Waals surface area contributed by atoms with Gasteiger partial charge in [-0.2, -0.15) is 0 Å². The molecule has 1 heterocycles. The topological polar surface area (TPSA) is 23.6 Å². The number of carbonyl (C=O) groups is 1. The van der Waals surface area contributed by atoms with Crippen LogP contribution in [0.5, 0.6) is 0 Å². The molecule has 0 bridgehead atoms. The van der Waals surface area contributed by atoms with E-state index in [2.05, 4.69) is 22.8 Å². The van der Waals surface area contributed by atoms with E-state index >= 15 is 0 Å². The van der Waals surface area contributed by atoms with Crippen LogP contribution in [-0.2, 0) is 0 Å². The van der Waals surface area contributed by atoms with Crippen molar-refractivity contribution in [1.82, 2.24) is 4.90 Å². The first kappa shape index (κ1) is 14.6. The Labute approximate surface area is 127 Å². The van der Waals surface area contributed by atoms with Gasteiger partial charge >= 0.3 is 0 Å². The molecule has 0 atom stereocenters. The van der Waals surface area contributed by atoms with E-state index in [0.717, 1.165) is 31.0 Å². The number of rotatable bonds is 3. The molecule has 2 fully saturated rings. The first-order chi connectivity index (χ1) is 10.3. The number of piperazine rings is 1. The molecule has 21 heavy (non-hydrogen) atoms. The molecule has 1 saturated carbocycles. The van der Waals surface area contributed by atoms with E-state index in [0.29, 0.717) is 0 Å². The molecule has 1 aliphatic heterocycles. The largest absolute Gasteiger partial charge is 0.369 e. The molecule has 2 aliphatic rings. The second kappa shape index (κ2) is 6.61. The van der Waals surface area contributed by atoms with Crippen molar-refractivity contribution < 1.29 is 4.79 Å². The molecule has 1 saturated heterocycles. The van der Waals surface area contributed by atoms with Crippen molar-refractivity contribution in [1.29, 1.82) is 0 Å². The van der Waals surface area contributed by atoms with Gasteiger partial charge in [-0.25, -0.2) is 0 Å². The van der Waals surface area contributed by atoms with Gasteiger partial charge in [0.05, 0.1) is 0 Å². The summed E-state index contributed by atoms with van der Waals surface area (Å²) in [5.41, 5.74) is 3.28. The summed E-state index contributed by atoms with van der Waals surface area (Å²) in [5, 5.41) is 0. The van der Waals surface area contributed by atoms with Gasteiger partial charge in [0.15, 0.2) is 0 Å². The summed E-state index contributed by atoms with van der Waals surface area (Å²) < 4.78 is 0. The van der Waals surface area contributed by atoms with Crippen LogP contribution >= 0.6 is 0 Å². The zero-order chi connectivity index (χ0) is 14.7. The summed E-state index contributed by atoms with van der Waals surface area (Å²) in [7, 11) is 0. The fourth-order valence-corrected chi connectivity index (χ4v) is 3.88. The highest BCUT2D eigenvalue weighted by molar-refractivity contribution is 5.77. The van der Waals surface area contributed by atoms with Crippen LogP contribution in [0.1, 0.15) is 48.0 Å². The summed E-state index contributed by atoms with van der Waals surface area (Å²) in [4.78, 5) is 16.0. The van der Waals surface area contributed by atoms with Crippen LogP contribution in [0.3, 0.4) is 0 Å². The van der Waals surface area contributed by atoms with Crippen LogP contribution in [0.25, 0.3) is 0 Å². The molecule has 1 aromatic carbocycles. The zero-order valence-electron chi connectivity index (χ0n) is 13.1. The highest BCUT2D eigenvalue weighted by Gasteiger charge is 2.25. The maximum Gasteiger partial charge on any atom is 0.150 e. The lowest BCUT2D eigenvalue weighted by Gasteiger charge is -2.42. The quantitative estimate of drug-likeness (QED) is 0.797. The maximum atomic E-state index is 10.8. The normalized spacial score (nSPS) is 21.5. The van der Waals surface area contributed by atoms with Crippen LogP contribution in [0.4, 0.5) is 5.69 Å². The molecule has 3 nitrogen and oxygen atoms in total. The van der Waals surface area contributed by atoms with Gasteiger partial charge in [-0.15, -0.1) is 0 Å². The summed E-state index contributed by atoms with van der Waals surface area (Å²) in [5.74, 6) is 0. The molecular formula is C18H26N2O. The van der Waals surface area contributed by atoms with Gasteiger partial charge in [-0.05, 0) is 43.5 Å². The van der Waals surface area contributed by atoms with E-state index in [1.807, 2.05) is 12.1 Å². The van der Waals surface area contributed by atoms with Crippen molar-refractivity contribution in [3.63, 3.8) is 0 Å². The molecule has 0 radical (unpaired) electrons. The Morgan fingerprint density at radius 2 is 1.76 bits per heavy atom. The monoisotopic (exact) mass is 286 g/mol. The van der Waals surface area contributed by atoms with Crippen molar-refractivity contribution in [2.45, 2.75) is 45.1 Å². The molecule has 0 unspecified atom stereocenters.